The highest BCUT2D eigenvalue weighted by atomic mass is 35.5. The average molecular weight is 461 g/mol. The minimum atomic E-state index is -0.0716. The summed E-state index contributed by atoms with van der Waals surface area (Å²) < 4.78 is 11.6. The number of amides is 2. The summed E-state index contributed by atoms with van der Waals surface area (Å²) in [5.74, 6) is 1.31. The summed E-state index contributed by atoms with van der Waals surface area (Å²) in [5, 5.41) is 4.68. The fourth-order valence-electron chi connectivity index (χ4n) is 3.61. The lowest BCUT2D eigenvalue weighted by atomic mass is 10.2. The monoisotopic (exact) mass is 460 g/mol. The summed E-state index contributed by atoms with van der Waals surface area (Å²) in [6, 6.07) is 9.47. The maximum Gasteiger partial charge on any atom is 0.317 e. The van der Waals surface area contributed by atoms with Gasteiger partial charge in [0, 0.05) is 32.7 Å². The van der Waals surface area contributed by atoms with E-state index in [2.05, 4.69) is 10.2 Å². The number of ether oxygens (including phenoxy) is 2. The van der Waals surface area contributed by atoms with Gasteiger partial charge in [-0.25, -0.2) is 9.78 Å². The third-order valence-electron chi connectivity index (χ3n) is 5.42. The number of hydrogen-bond acceptors (Lipinski definition) is 6. The molecule has 1 N–H and O–H groups in total. The Balaban J connectivity index is 1.34. The van der Waals surface area contributed by atoms with Gasteiger partial charge in [-0.1, -0.05) is 35.1 Å². The average Bonchev–Trinajstić information content (AvgIpc) is 3.27. The number of hydrogen-bond donors (Lipinski definition) is 1. The Bertz CT molecular complexity index is 1060. The number of halogens is 1. The molecule has 0 atom stereocenters. The summed E-state index contributed by atoms with van der Waals surface area (Å²) in [5.41, 5.74) is 3.03. The van der Waals surface area contributed by atoms with Crippen LogP contribution in [0.15, 0.2) is 30.3 Å². The molecular formula is C22H25ClN4O3S. The molecule has 2 aromatic carbocycles. The molecule has 1 aromatic heterocycles. The third-order valence-corrected chi connectivity index (χ3v) is 6.99. The number of nitrogens with one attached hydrogen (secondary N) is 1. The molecule has 7 nitrogen and oxygen atoms in total. The second-order valence-corrected chi connectivity index (χ2v) is 8.75. The number of thiazole rings is 1. The number of rotatable bonds is 5. The fraction of sp³-hybridized carbons (Fsp3) is 0.364. The maximum atomic E-state index is 12.6. The number of nitrogens with zero attached hydrogens (tertiary/aromatic N) is 3. The van der Waals surface area contributed by atoms with Crippen LogP contribution in [-0.4, -0.2) is 56.3 Å². The zero-order chi connectivity index (χ0) is 22.0. The number of aromatic nitrogens is 1. The van der Waals surface area contributed by atoms with Crippen LogP contribution >= 0.6 is 22.9 Å². The van der Waals surface area contributed by atoms with Crippen molar-refractivity contribution in [3.8, 4) is 11.5 Å². The lowest BCUT2D eigenvalue weighted by molar-refractivity contribution is 0.194. The van der Waals surface area contributed by atoms with Crippen LogP contribution in [0.3, 0.4) is 0 Å². The Morgan fingerprint density at radius 2 is 1.87 bits per heavy atom. The summed E-state index contributed by atoms with van der Waals surface area (Å²) >= 11 is 7.95. The van der Waals surface area contributed by atoms with E-state index in [1.165, 1.54) is 0 Å². The number of piperazine rings is 1. The zero-order valence-corrected chi connectivity index (χ0v) is 19.3. The number of aryl methyl sites for hydroxylation is 1. The van der Waals surface area contributed by atoms with E-state index >= 15 is 0 Å². The van der Waals surface area contributed by atoms with Crippen molar-refractivity contribution in [2.45, 2.75) is 13.5 Å². The number of fused-ring (bicyclic) bond motifs is 1. The van der Waals surface area contributed by atoms with Crippen molar-refractivity contribution < 1.29 is 14.3 Å². The second kappa shape index (κ2) is 9.20. The summed E-state index contributed by atoms with van der Waals surface area (Å²) in [4.78, 5) is 21.5. The largest absolute Gasteiger partial charge is 0.493 e. The van der Waals surface area contributed by atoms with E-state index < -0.39 is 0 Å². The normalized spacial score (nSPS) is 14.1. The van der Waals surface area contributed by atoms with E-state index in [0.717, 1.165) is 44.6 Å². The highest BCUT2D eigenvalue weighted by molar-refractivity contribution is 7.22. The highest BCUT2D eigenvalue weighted by Crippen LogP contribution is 2.35. The SMILES string of the molecule is COc1ccc(CNC(=O)N2CCN(c3nc4c(C)ccc(Cl)c4s3)CC2)cc1OC. The predicted molar refractivity (Wildman–Crippen MR) is 125 cm³/mol. The number of anilines is 1. The zero-order valence-electron chi connectivity index (χ0n) is 17.8. The molecule has 0 unspecified atom stereocenters. The Morgan fingerprint density at radius 1 is 1.13 bits per heavy atom. The van der Waals surface area contributed by atoms with Gasteiger partial charge in [0.2, 0.25) is 0 Å². The van der Waals surface area contributed by atoms with Gasteiger partial charge in [-0.15, -0.1) is 0 Å². The van der Waals surface area contributed by atoms with E-state index in [4.69, 9.17) is 26.1 Å². The van der Waals surface area contributed by atoms with Gasteiger partial charge in [-0.3, -0.25) is 0 Å². The predicted octanol–water partition coefficient (Wildman–Crippen LogP) is 4.31. The number of methoxy groups -OCH3 is 2. The molecule has 0 radical (unpaired) electrons. The maximum absolute atomic E-state index is 12.6. The minimum absolute atomic E-state index is 0.0716. The van der Waals surface area contributed by atoms with Crippen molar-refractivity contribution in [2.24, 2.45) is 0 Å². The van der Waals surface area contributed by atoms with Crippen LogP contribution in [0, 0.1) is 6.92 Å². The van der Waals surface area contributed by atoms with E-state index in [1.807, 2.05) is 42.2 Å². The number of benzene rings is 2. The van der Waals surface area contributed by atoms with Gasteiger partial charge in [0.05, 0.1) is 29.5 Å². The molecule has 31 heavy (non-hydrogen) atoms. The number of carbonyl (C=O) groups is 1. The second-order valence-electron chi connectivity index (χ2n) is 7.36. The molecule has 0 saturated carbocycles. The van der Waals surface area contributed by atoms with E-state index in [9.17, 15) is 4.79 Å². The first-order valence-corrected chi connectivity index (χ1v) is 11.2. The van der Waals surface area contributed by atoms with Gasteiger partial charge in [0.15, 0.2) is 16.6 Å². The van der Waals surface area contributed by atoms with E-state index in [-0.39, 0.29) is 6.03 Å². The lowest BCUT2D eigenvalue weighted by Gasteiger charge is -2.34. The van der Waals surface area contributed by atoms with Gasteiger partial charge in [-0.2, -0.15) is 0 Å². The molecular weight excluding hydrogens is 436 g/mol. The third kappa shape index (κ3) is 4.50. The standard InChI is InChI=1S/C22H25ClN4O3S/c1-14-4-6-16(23)20-19(14)25-22(31-20)27-10-8-26(9-11-27)21(28)24-13-15-5-7-17(29-2)18(12-15)30-3/h4-7,12H,8-11,13H2,1-3H3,(H,24,28). The Labute approximate surface area is 190 Å². The van der Waals surface area contributed by atoms with Gasteiger partial charge < -0.3 is 24.6 Å². The molecule has 0 aliphatic carbocycles. The van der Waals surface area contributed by atoms with Gasteiger partial charge in [0.1, 0.15) is 0 Å². The minimum Gasteiger partial charge on any atom is -0.493 e. The van der Waals surface area contributed by atoms with Crippen LogP contribution in [-0.2, 0) is 6.54 Å². The van der Waals surface area contributed by atoms with Crippen LogP contribution in [0.25, 0.3) is 10.2 Å². The first kappa shape index (κ1) is 21.5. The van der Waals surface area contributed by atoms with Crippen LogP contribution in [0.2, 0.25) is 5.02 Å². The van der Waals surface area contributed by atoms with Crippen LogP contribution < -0.4 is 19.7 Å². The van der Waals surface area contributed by atoms with Gasteiger partial charge >= 0.3 is 6.03 Å². The van der Waals surface area contributed by atoms with Crippen molar-refractivity contribution in [1.29, 1.82) is 0 Å². The smallest absolute Gasteiger partial charge is 0.317 e. The molecule has 9 heteroatoms. The summed E-state index contributed by atoms with van der Waals surface area (Å²) in [6.07, 6.45) is 0. The first-order chi connectivity index (χ1) is 15.0. The Morgan fingerprint density at radius 3 is 2.55 bits per heavy atom. The molecule has 1 fully saturated rings. The molecule has 3 aromatic rings. The van der Waals surface area contributed by atoms with Crippen molar-refractivity contribution in [2.75, 3.05) is 45.3 Å². The van der Waals surface area contributed by atoms with E-state index in [1.54, 1.807) is 25.6 Å². The topological polar surface area (TPSA) is 66.9 Å². The van der Waals surface area contributed by atoms with E-state index in [0.29, 0.717) is 31.1 Å². The van der Waals surface area contributed by atoms with Crippen molar-refractivity contribution in [3.63, 3.8) is 0 Å². The van der Waals surface area contributed by atoms with Gasteiger partial charge in [0.25, 0.3) is 0 Å². The first-order valence-electron chi connectivity index (χ1n) is 10.0. The Kier molecular flexibility index (Phi) is 6.38. The molecule has 0 spiro atoms. The van der Waals surface area contributed by atoms with Crippen LogP contribution in [0.4, 0.5) is 9.93 Å². The highest BCUT2D eigenvalue weighted by Gasteiger charge is 2.23. The molecule has 2 heterocycles. The molecule has 0 bridgehead atoms. The Hall–Kier alpha value is -2.71. The molecule has 1 saturated heterocycles. The molecule has 4 rings (SSSR count). The van der Waals surface area contributed by atoms with Crippen LogP contribution in [0.5, 0.6) is 11.5 Å². The fourth-order valence-corrected chi connectivity index (χ4v) is 4.98. The molecule has 1 aliphatic heterocycles. The summed E-state index contributed by atoms with van der Waals surface area (Å²) in [7, 11) is 3.20. The molecule has 1 aliphatic rings. The summed E-state index contributed by atoms with van der Waals surface area (Å²) in [6.45, 7) is 5.22. The van der Waals surface area contributed by atoms with Crippen molar-refractivity contribution in [1.82, 2.24) is 15.2 Å². The van der Waals surface area contributed by atoms with Crippen molar-refractivity contribution in [3.05, 3.63) is 46.5 Å². The lowest BCUT2D eigenvalue weighted by Crippen LogP contribution is -2.51. The van der Waals surface area contributed by atoms with Gasteiger partial charge in [-0.05, 0) is 36.2 Å². The molecule has 164 valence electrons. The number of carbonyl (C=O) groups excluding carboxylic acids is 1. The van der Waals surface area contributed by atoms with Crippen LogP contribution in [0.1, 0.15) is 11.1 Å². The molecule has 2 amide bonds. The number of urea groups is 1. The quantitative estimate of drug-likeness (QED) is 0.614. The van der Waals surface area contributed by atoms with Crippen molar-refractivity contribution >= 4 is 44.3 Å².